The number of hydrogen-bond donors (Lipinski definition) is 2. The van der Waals surface area contributed by atoms with E-state index in [1.54, 1.807) is 0 Å². The molecule has 6 nitrogen and oxygen atoms in total. The number of halogens is 1. The van der Waals surface area contributed by atoms with Crippen LogP contribution in [-0.2, 0) is 6.54 Å². The van der Waals surface area contributed by atoms with Gasteiger partial charge in [0, 0.05) is 5.56 Å². The van der Waals surface area contributed by atoms with Gasteiger partial charge in [0.25, 0.3) is 0 Å². The van der Waals surface area contributed by atoms with Gasteiger partial charge < -0.3 is 15.4 Å². The second-order valence-electron chi connectivity index (χ2n) is 3.65. The van der Waals surface area contributed by atoms with E-state index in [2.05, 4.69) is 10.1 Å². The summed E-state index contributed by atoms with van der Waals surface area (Å²) < 4.78 is 18.4. The van der Waals surface area contributed by atoms with Crippen LogP contribution < -0.4 is 5.73 Å². The molecule has 3 N–H and O–H groups in total. The normalized spacial score (nSPS) is 10.6. The average Bonchev–Trinajstić information content (AvgIpc) is 2.80. The number of carboxylic acid groups (broad SMARTS) is 1. The molecule has 2 rings (SSSR count). The van der Waals surface area contributed by atoms with Gasteiger partial charge in [0.15, 0.2) is 0 Å². The molecule has 94 valence electrons. The molecule has 0 atom stereocenters. The fraction of sp³-hybridized carbons (Fsp3) is 0.182. The molecular weight excluding hydrogens is 241 g/mol. The van der Waals surface area contributed by atoms with Crippen molar-refractivity contribution in [3.63, 3.8) is 0 Å². The summed E-state index contributed by atoms with van der Waals surface area (Å²) in [6.45, 7) is 1.46. The van der Waals surface area contributed by atoms with Crippen molar-refractivity contribution in [2.24, 2.45) is 5.73 Å². The Balaban J connectivity index is 2.55. The molecule has 0 aliphatic rings. The van der Waals surface area contributed by atoms with Crippen LogP contribution in [-0.4, -0.2) is 21.2 Å². The molecule has 2 aromatic rings. The van der Waals surface area contributed by atoms with Crippen LogP contribution in [0.15, 0.2) is 16.7 Å². The standard InChI is InChI=1S/C11H10FN3O3/c1-5-7(11(16)17)2-6(3-8(5)12)10-14-9(4-13)18-15-10/h2-3H,4,13H2,1H3,(H,16,17). The van der Waals surface area contributed by atoms with E-state index in [1.165, 1.54) is 13.0 Å². The Labute approximate surface area is 101 Å². The highest BCUT2D eigenvalue weighted by atomic mass is 19.1. The SMILES string of the molecule is Cc1c(F)cc(-c2noc(CN)n2)cc1C(=O)O. The topological polar surface area (TPSA) is 102 Å². The minimum Gasteiger partial charge on any atom is -0.478 e. The van der Waals surface area contributed by atoms with Gasteiger partial charge in [-0.1, -0.05) is 5.16 Å². The molecule has 0 aliphatic heterocycles. The fourth-order valence-electron chi connectivity index (χ4n) is 1.49. The van der Waals surface area contributed by atoms with Crippen LogP contribution in [0.1, 0.15) is 21.8 Å². The highest BCUT2D eigenvalue weighted by Gasteiger charge is 2.16. The van der Waals surface area contributed by atoms with Crippen molar-refractivity contribution in [3.05, 3.63) is 35.0 Å². The highest BCUT2D eigenvalue weighted by molar-refractivity contribution is 5.90. The molecule has 0 fully saturated rings. The Bertz CT molecular complexity index is 610. The summed E-state index contributed by atoms with van der Waals surface area (Å²) >= 11 is 0. The van der Waals surface area contributed by atoms with Crippen LogP contribution >= 0.6 is 0 Å². The molecule has 18 heavy (non-hydrogen) atoms. The Kier molecular flexibility index (Phi) is 3.07. The van der Waals surface area contributed by atoms with Crippen molar-refractivity contribution in [2.45, 2.75) is 13.5 Å². The number of hydrogen-bond acceptors (Lipinski definition) is 5. The predicted octanol–water partition coefficient (Wildman–Crippen LogP) is 1.34. The predicted molar refractivity (Wildman–Crippen MR) is 59.3 cm³/mol. The zero-order chi connectivity index (χ0) is 13.3. The molecule has 0 saturated heterocycles. The molecule has 1 aromatic heterocycles. The summed E-state index contributed by atoms with van der Waals surface area (Å²) in [5, 5.41) is 12.6. The third-order valence-corrected chi connectivity index (χ3v) is 2.48. The number of carbonyl (C=O) groups is 1. The lowest BCUT2D eigenvalue weighted by Gasteiger charge is -2.04. The number of rotatable bonds is 3. The number of aromatic carboxylic acids is 1. The molecule has 0 spiro atoms. The molecule has 0 radical (unpaired) electrons. The van der Waals surface area contributed by atoms with Crippen LogP contribution in [0.5, 0.6) is 0 Å². The van der Waals surface area contributed by atoms with E-state index in [1.807, 2.05) is 0 Å². The first-order chi connectivity index (χ1) is 8.52. The maximum atomic E-state index is 13.6. The Hall–Kier alpha value is -2.28. The van der Waals surface area contributed by atoms with Gasteiger partial charge in [-0.3, -0.25) is 0 Å². The van der Waals surface area contributed by atoms with Crippen LogP contribution in [0.4, 0.5) is 4.39 Å². The van der Waals surface area contributed by atoms with Crippen molar-refractivity contribution in [1.29, 1.82) is 0 Å². The van der Waals surface area contributed by atoms with Gasteiger partial charge in [0.1, 0.15) is 5.82 Å². The summed E-state index contributed by atoms with van der Waals surface area (Å²) in [6, 6.07) is 2.46. The molecule has 0 amide bonds. The minimum atomic E-state index is -1.21. The third kappa shape index (κ3) is 2.07. The summed E-state index contributed by atoms with van der Waals surface area (Å²) in [4.78, 5) is 14.9. The lowest BCUT2D eigenvalue weighted by Crippen LogP contribution is -2.03. The van der Waals surface area contributed by atoms with E-state index < -0.39 is 11.8 Å². The van der Waals surface area contributed by atoms with Gasteiger partial charge in [0.2, 0.25) is 11.7 Å². The summed E-state index contributed by atoms with van der Waals surface area (Å²) in [7, 11) is 0. The Morgan fingerprint density at radius 3 is 2.83 bits per heavy atom. The van der Waals surface area contributed by atoms with Gasteiger partial charge >= 0.3 is 5.97 Å². The molecule has 0 aliphatic carbocycles. The number of nitrogens with zero attached hydrogens (tertiary/aromatic N) is 2. The largest absolute Gasteiger partial charge is 0.478 e. The maximum Gasteiger partial charge on any atom is 0.336 e. The van der Waals surface area contributed by atoms with Gasteiger partial charge in [-0.05, 0) is 24.6 Å². The monoisotopic (exact) mass is 251 g/mol. The number of nitrogens with two attached hydrogens (primary N) is 1. The number of benzene rings is 1. The van der Waals surface area contributed by atoms with Crippen molar-refractivity contribution in [3.8, 4) is 11.4 Å². The van der Waals surface area contributed by atoms with Crippen molar-refractivity contribution in [1.82, 2.24) is 10.1 Å². The van der Waals surface area contributed by atoms with Gasteiger partial charge in [-0.25, -0.2) is 9.18 Å². The second kappa shape index (κ2) is 4.53. The molecule has 1 aromatic carbocycles. The molecule has 0 saturated carbocycles. The first-order valence-corrected chi connectivity index (χ1v) is 5.09. The highest BCUT2D eigenvalue weighted by Crippen LogP contribution is 2.22. The van der Waals surface area contributed by atoms with E-state index in [-0.39, 0.29) is 35.0 Å². The quantitative estimate of drug-likeness (QED) is 0.853. The van der Waals surface area contributed by atoms with E-state index >= 15 is 0 Å². The Morgan fingerprint density at radius 1 is 1.56 bits per heavy atom. The molecule has 0 bridgehead atoms. The maximum absolute atomic E-state index is 13.6. The molecule has 7 heteroatoms. The van der Waals surface area contributed by atoms with E-state index in [0.29, 0.717) is 0 Å². The van der Waals surface area contributed by atoms with Crippen LogP contribution in [0.3, 0.4) is 0 Å². The average molecular weight is 251 g/mol. The lowest BCUT2D eigenvalue weighted by atomic mass is 10.0. The van der Waals surface area contributed by atoms with E-state index in [4.69, 9.17) is 15.4 Å². The van der Waals surface area contributed by atoms with Crippen LogP contribution in [0.25, 0.3) is 11.4 Å². The van der Waals surface area contributed by atoms with Crippen molar-refractivity contribution < 1.29 is 18.8 Å². The first kappa shape index (κ1) is 12.2. The van der Waals surface area contributed by atoms with Crippen molar-refractivity contribution >= 4 is 5.97 Å². The van der Waals surface area contributed by atoms with E-state index in [0.717, 1.165) is 6.07 Å². The van der Waals surface area contributed by atoms with Gasteiger partial charge in [0.05, 0.1) is 12.1 Å². The molecular formula is C11H10FN3O3. The smallest absolute Gasteiger partial charge is 0.336 e. The van der Waals surface area contributed by atoms with Crippen LogP contribution in [0, 0.1) is 12.7 Å². The fourth-order valence-corrected chi connectivity index (χ4v) is 1.49. The number of aromatic nitrogens is 2. The molecule has 1 heterocycles. The van der Waals surface area contributed by atoms with Gasteiger partial charge in [-0.15, -0.1) is 0 Å². The summed E-state index contributed by atoms with van der Waals surface area (Å²) in [6.07, 6.45) is 0. The summed E-state index contributed by atoms with van der Waals surface area (Å²) in [5.74, 6) is -1.54. The van der Waals surface area contributed by atoms with E-state index in [9.17, 15) is 9.18 Å². The summed E-state index contributed by atoms with van der Waals surface area (Å²) in [5.41, 5.74) is 5.47. The first-order valence-electron chi connectivity index (χ1n) is 5.09. The number of carboxylic acids is 1. The third-order valence-electron chi connectivity index (χ3n) is 2.48. The Morgan fingerprint density at radius 2 is 2.28 bits per heavy atom. The van der Waals surface area contributed by atoms with Gasteiger partial charge in [-0.2, -0.15) is 4.98 Å². The zero-order valence-corrected chi connectivity index (χ0v) is 9.48. The lowest BCUT2D eigenvalue weighted by molar-refractivity contribution is 0.0695. The van der Waals surface area contributed by atoms with Crippen LogP contribution in [0.2, 0.25) is 0 Å². The van der Waals surface area contributed by atoms with Crippen molar-refractivity contribution in [2.75, 3.05) is 0 Å². The second-order valence-corrected chi connectivity index (χ2v) is 3.65. The minimum absolute atomic E-state index is 0.0626. The zero-order valence-electron chi connectivity index (χ0n) is 9.48. The molecule has 0 unspecified atom stereocenters.